The number of fused-ring (bicyclic) bond motifs is 1. The molecule has 67 heavy (non-hydrogen) atoms. The van der Waals surface area contributed by atoms with Crippen LogP contribution in [0.2, 0.25) is 5.02 Å². The zero-order valence-corrected chi connectivity index (χ0v) is 39.8. The molecule has 0 spiro atoms. The lowest BCUT2D eigenvalue weighted by Gasteiger charge is -2.39. The van der Waals surface area contributed by atoms with Crippen LogP contribution in [0.15, 0.2) is 95.7 Å². The van der Waals surface area contributed by atoms with Gasteiger partial charge in [0.05, 0.1) is 21.6 Å². The Balaban J connectivity index is 0.890. The van der Waals surface area contributed by atoms with Crippen molar-refractivity contribution in [3.63, 3.8) is 0 Å². The molecule has 354 valence electrons. The van der Waals surface area contributed by atoms with Crippen molar-refractivity contribution in [2.24, 2.45) is 11.3 Å². The first kappa shape index (κ1) is 46.6. The third-order valence-electron chi connectivity index (χ3n) is 14.1. The van der Waals surface area contributed by atoms with E-state index in [1.165, 1.54) is 35.0 Å². The van der Waals surface area contributed by atoms with Gasteiger partial charge >= 0.3 is 0 Å². The van der Waals surface area contributed by atoms with E-state index in [2.05, 4.69) is 66.0 Å². The number of aromatic amines is 1. The maximum atomic E-state index is 14.0. The van der Waals surface area contributed by atoms with Gasteiger partial charge in [0.25, 0.3) is 21.6 Å². The van der Waals surface area contributed by atoms with Crippen LogP contribution in [0.3, 0.4) is 0 Å². The van der Waals surface area contributed by atoms with Crippen molar-refractivity contribution in [2.75, 3.05) is 75.7 Å². The average Bonchev–Trinajstić information content (AvgIpc) is 3.80. The van der Waals surface area contributed by atoms with E-state index in [-0.39, 0.29) is 28.1 Å². The number of nitro groups is 1. The van der Waals surface area contributed by atoms with Crippen LogP contribution in [0.4, 0.5) is 17.1 Å². The molecule has 2 saturated heterocycles. The minimum Gasteiger partial charge on any atom is -0.455 e. The fourth-order valence-corrected chi connectivity index (χ4v) is 11.3. The number of anilines is 2. The van der Waals surface area contributed by atoms with E-state index in [1.807, 2.05) is 18.2 Å². The maximum absolute atomic E-state index is 14.0. The van der Waals surface area contributed by atoms with E-state index in [1.54, 1.807) is 30.5 Å². The van der Waals surface area contributed by atoms with E-state index in [4.69, 9.17) is 16.3 Å². The molecule has 4 aliphatic rings. The Morgan fingerprint density at radius 3 is 2.46 bits per heavy atom. The first-order valence-corrected chi connectivity index (χ1v) is 25.4. The van der Waals surface area contributed by atoms with Crippen molar-refractivity contribution >= 4 is 61.2 Å². The lowest BCUT2D eigenvalue weighted by Crippen LogP contribution is -2.49. The highest BCUT2D eigenvalue weighted by Gasteiger charge is 2.31. The van der Waals surface area contributed by atoms with Crippen LogP contribution in [-0.2, 0) is 10.0 Å². The Labute approximate surface area is 397 Å². The highest BCUT2D eigenvalue weighted by molar-refractivity contribution is 7.90. The van der Waals surface area contributed by atoms with Gasteiger partial charge in [-0.1, -0.05) is 43.2 Å². The predicted octanol–water partition coefficient (Wildman–Crippen LogP) is 8.70. The lowest BCUT2D eigenvalue weighted by molar-refractivity contribution is -0.384. The summed E-state index contributed by atoms with van der Waals surface area (Å²) in [6.45, 7) is 13.4. The SMILES string of the molecule is CC1(C)CCC(CN2CCN(c3ccc(C(=O)NS(=O)(=O)c4ccc(NC[C@H]5CC[C@H](N6CCNCC6)CC5)c([N+](=O)[O-])c4)c(Oc4cnc5[nH]ccc5c4)c3)CC2)=C(c2ccc(Cl)cc2)C1. The van der Waals surface area contributed by atoms with Crippen molar-refractivity contribution in [2.45, 2.75) is 69.7 Å². The second-order valence-corrected chi connectivity index (χ2v) is 21.4. The number of nitrogens with zero attached hydrogens (tertiary/aromatic N) is 5. The predicted molar refractivity (Wildman–Crippen MR) is 264 cm³/mol. The average molecular weight is 951 g/mol. The van der Waals surface area contributed by atoms with Gasteiger partial charge in [-0.25, -0.2) is 18.1 Å². The zero-order chi connectivity index (χ0) is 46.7. The van der Waals surface area contributed by atoms with Gasteiger partial charge in [-0.15, -0.1) is 0 Å². The van der Waals surface area contributed by atoms with Gasteiger partial charge in [0.2, 0.25) is 0 Å². The molecule has 15 nitrogen and oxygen atoms in total. The van der Waals surface area contributed by atoms with Gasteiger partial charge < -0.3 is 25.3 Å². The molecule has 4 heterocycles. The van der Waals surface area contributed by atoms with Crippen molar-refractivity contribution in [3.8, 4) is 11.5 Å². The number of hydrogen-bond donors (Lipinski definition) is 4. The molecule has 3 aromatic carbocycles. The quantitative estimate of drug-likeness (QED) is 0.0616. The number of benzene rings is 3. The van der Waals surface area contributed by atoms with Gasteiger partial charge in [-0.2, -0.15) is 0 Å². The van der Waals surface area contributed by atoms with Crippen LogP contribution in [0.1, 0.15) is 74.7 Å². The largest absolute Gasteiger partial charge is 0.455 e. The summed E-state index contributed by atoms with van der Waals surface area (Å²) in [6, 6.07) is 21.2. The maximum Gasteiger partial charge on any atom is 0.293 e. The summed E-state index contributed by atoms with van der Waals surface area (Å²) in [7, 11) is -4.56. The second-order valence-electron chi connectivity index (χ2n) is 19.3. The molecule has 0 bridgehead atoms. The molecule has 0 radical (unpaired) electrons. The molecule has 17 heteroatoms. The van der Waals surface area contributed by atoms with Crippen LogP contribution in [0, 0.1) is 21.4 Å². The molecular weight excluding hydrogens is 890 g/mol. The van der Waals surface area contributed by atoms with E-state index in [9.17, 15) is 23.3 Å². The Morgan fingerprint density at radius 1 is 0.955 bits per heavy atom. The molecule has 1 saturated carbocycles. The van der Waals surface area contributed by atoms with Crippen LogP contribution in [-0.4, -0.2) is 111 Å². The fraction of sp³-hybridized carbons (Fsp3) is 0.440. The van der Waals surface area contributed by atoms with E-state index >= 15 is 0 Å². The number of nitro benzene ring substituents is 1. The first-order chi connectivity index (χ1) is 32.3. The number of hydrogen-bond acceptors (Lipinski definition) is 12. The number of amides is 1. The molecular formula is C50H60ClN9O6S. The number of H-pyrrole nitrogens is 1. The summed E-state index contributed by atoms with van der Waals surface area (Å²) in [6.07, 6.45) is 10.7. The third-order valence-corrected chi connectivity index (χ3v) is 15.7. The van der Waals surface area contributed by atoms with Gasteiger partial charge in [-0.05, 0) is 116 Å². The number of piperazine rings is 2. The van der Waals surface area contributed by atoms with Gasteiger partial charge in [0, 0.05) is 106 Å². The van der Waals surface area contributed by atoms with Crippen LogP contribution in [0.5, 0.6) is 11.5 Å². The van der Waals surface area contributed by atoms with Crippen molar-refractivity contribution < 1.29 is 22.9 Å². The zero-order valence-electron chi connectivity index (χ0n) is 38.2. The Kier molecular flexibility index (Phi) is 13.9. The molecule has 2 aromatic heterocycles. The number of ether oxygens (including phenoxy) is 1. The molecule has 2 aliphatic heterocycles. The number of pyridine rings is 1. The van der Waals surface area contributed by atoms with E-state index in [0.29, 0.717) is 29.9 Å². The number of nitrogens with one attached hydrogen (secondary N) is 4. The van der Waals surface area contributed by atoms with Crippen molar-refractivity contribution in [3.05, 3.63) is 117 Å². The number of carbonyl (C=O) groups excluding carboxylic acids is 1. The Bertz CT molecular complexity index is 2740. The molecule has 9 rings (SSSR count). The van der Waals surface area contributed by atoms with Crippen LogP contribution in [0.25, 0.3) is 16.6 Å². The fourth-order valence-electron chi connectivity index (χ4n) is 10.2. The van der Waals surface area contributed by atoms with Gasteiger partial charge in [0.15, 0.2) is 0 Å². The highest BCUT2D eigenvalue weighted by Crippen LogP contribution is 2.44. The van der Waals surface area contributed by atoms with Crippen molar-refractivity contribution in [1.82, 2.24) is 29.8 Å². The monoisotopic (exact) mass is 949 g/mol. The topological polar surface area (TPSA) is 178 Å². The first-order valence-electron chi connectivity index (χ1n) is 23.5. The molecule has 0 unspecified atom stereocenters. The highest BCUT2D eigenvalue weighted by atomic mass is 35.5. The standard InChI is InChI=1S/C50H60ClN9O6S/c1-50(2)17-15-37(44(30-50)35-5-7-38(51)8-6-35)33-57-23-25-59(26-24-57)40-11-13-43(47(28-40)66-41-27-36-16-18-53-48(36)55-32-41)49(61)56-67(64,65)42-12-14-45(46(29-42)60(62)63)54-31-34-3-9-39(10-4-34)58-21-19-52-20-22-58/h5-8,11-14,16,18,27-29,32,34,39,52,54H,3-4,9-10,15,17,19-26,30-31,33H2,1-2H3,(H,53,55)(H,56,61)/t34-,39-. The number of allylic oxidation sites excluding steroid dienone is 1. The lowest BCUT2D eigenvalue weighted by atomic mass is 9.72. The molecule has 2 aliphatic carbocycles. The molecule has 5 aromatic rings. The number of rotatable bonds is 14. The minimum atomic E-state index is -4.56. The van der Waals surface area contributed by atoms with E-state index < -0.39 is 25.7 Å². The van der Waals surface area contributed by atoms with Gasteiger partial charge in [-0.3, -0.25) is 24.7 Å². The summed E-state index contributed by atoms with van der Waals surface area (Å²) in [4.78, 5) is 40.1. The summed E-state index contributed by atoms with van der Waals surface area (Å²) < 4.78 is 36.2. The second kappa shape index (κ2) is 20.0. The third kappa shape index (κ3) is 11.1. The summed E-state index contributed by atoms with van der Waals surface area (Å²) in [5, 5.41) is 20.5. The van der Waals surface area contributed by atoms with Crippen molar-refractivity contribution in [1.29, 1.82) is 0 Å². The molecule has 1 amide bonds. The number of sulfonamides is 1. The summed E-state index contributed by atoms with van der Waals surface area (Å²) in [5.41, 5.74) is 5.65. The molecule has 3 fully saturated rings. The number of carbonyl (C=O) groups is 1. The Morgan fingerprint density at radius 2 is 1.72 bits per heavy atom. The number of aromatic nitrogens is 2. The number of halogens is 1. The van der Waals surface area contributed by atoms with Crippen LogP contribution >= 0.6 is 11.6 Å². The van der Waals surface area contributed by atoms with E-state index in [0.717, 1.165) is 126 Å². The Hall–Kier alpha value is -5.52. The minimum absolute atomic E-state index is 0.0264. The van der Waals surface area contributed by atoms with Gasteiger partial charge in [0.1, 0.15) is 22.8 Å². The van der Waals surface area contributed by atoms with Crippen LogP contribution < -0.4 is 25.0 Å². The molecule has 0 atom stereocenters. The molecule has 4 N–H and O–H groups in total. The summed E-state index contributed by atoms with van der Waals surface area (Å²) >= 11 is 6.26. The smallest absolute Gasteiger partial charge is 0.293 e. The normalized spacial score (nSPS) is 20.7. The summed E-state index contributed by atoms with van der Waals surface area (Å²) in [5.74, 6) is -0.0950.